The second kappa shape index (κ2) is 7.04. The first-order valence-electron chi connectivity index (χ1n) is 8.57. The Labute approximate surface area is 145 Å². The van der Waals surface area contributed by atoms with Crippen molar-refractivity contribution < 1.29 is 9.59 Å². The van der Waals surface area contributed by atoms with Gasteiger partial charge in [0.05, 0.1) is 5.39 Å². The quantitative estimate of drug-likeness (QED) is 0.837. The summed E-state index contributed by atoms with van der Waals surface area (Å²) in [5.74, 6) is -0.170. The van der Waals surface area contributed by atoms with E-state index in [1.165, 1.54) is 11.6 Å². The van der Waals surface area contributed by atoms with E-state index in [0.717, 1.165) is 6.42 Å². The molecule has 0 aliphatic carbocycles. The van der Waals surface area contributed by atoms with Crippen molar-refractivity contribution in [2.45, 2.75) is 26.8 Å². The summed E-state index contributed by atoms with van der Waals surface area (Å²) >= 11 is 0. The fourth-order valence-electron chi connectivity index (χ4n) is 3.13. The molecule has 1 aliphatic heterocycles. The topological polar surface area (TPSA) is 75.5 Å². The SMILES string of the molecule is CCCn1nc(C(=O)N2CCN(C(C)=O)CC2)c2ccccc2c1=O. The molecule has 2 amide bonds. The highest BCUT2D eigenvalue weighted by molar-refractivity contribution is 6.04. The molecular formula is C18H22N4O3. The highest BCUT2D eigenvalue weighted by Gasteiger charge is 2.26. The van der Waals surface area contributed by atoms with Gasteiger partial charge in [-0.15, -0.1) is 0 Å². The molecular weight excluding hydrogens is 320 g/mol. The molecule has 0 saturated carbocycles. The van der Waals surface area contributed by atoms with E-state index in [1.807, 2.05) is 6.92 Å². The third kappa shape index (κ3) is 3.26. The van der Waals surface area contributed by atoms with Gasteiger partial charge in [0.25, 0.3) is 11.5 Å². The van der Waals surface area contributed by atoms with Gasteiger partial charge in [0, 0.05) is 45.0 Å². The molecule has 0 bridgehead atoms. The Bertz CT molecular complexity index is 866. The highest BCUT2D eigenvalue weighted by atomic mass is 16.2. The zero-order valence-electron chi connectivity index (χ0n) is 14.6. The Morgan fingerprint density at radius 2 is 1.64 bits per heavy atom. The molecule has 25 heavy (non-hydrogen) atoms. The fourth-order valence-corrected chi connectivity index (χ4v) is 3.13. The van der Waals surface area contributed by atoms with Crippen LogP contribution < -0.4 is 5.56 Å². The number of piperazine rings is 1. The third-order valence-corrected chi connectivity index (χ3v) is 4.52. The largest absolute Gasteiger partial charge is 0.339 e. The first kappa shape index (κ1) is 17.1. The van der Waals surface area contributed by atoms with Crippen molar-refractivity contribution in [3.63, 3.8) is 0 Å². The van der Waals surface area contributed by atoms with Crippen molar-refractivity contribution in [2.75, 3.05) is 26.2 Å². The lowest BCUT2D eigenvalue weighted by molar-refractivity contribution is -0.130. The molecule has 0 N–H and O–H groups in total. The van der Waals surface area contributed by atoms with Gasteiger partial charge in [0.2, 0.25) is 5.91 Å². The van der Waals surface area contributed by atoms with Crippen LogP contribution in [0.25, 0.3) is 10.8 Å². The molecule has 0 radical (unpaired) electrons. The van der Waals surface area contributed by atoms with E-state index in [2.05, 4.69) is 5.10 Å². The third-order valence-electron chi connectivity index (χ3n) is 4.52. The number of amides is 2. The smallest absolute Gasteiger partial charge is 0.275 e. The van der Waals surface area contributed by atoms with Gasteiger partial charge in [-0.3, -0.25) is 14.4 Å². The van der Waals surface area contributed by atoms with Crippen LogP contribution in [0.5, 0.6) is 0 Å². The minimum atomic E-state index is -0.191. The van der Waals surface area contributed by atoms with Crippen molar-refractivity contribution in [2.24, 2.45) is 0 Å². The maximum Gasteiger partial charge on any atom is 0.275 e. The lowest BCUT2D eigenvalue weighted by Gasteiger charge is -2.34. The van der Waals surface area contributed by atoms with Crippen LogP contribution in [0.4, 0.5) is 0 Å². The van der Waals surface area contributed by atoms with Crippen LogP contribution in [-0.2, 0) is 11.3 Å². The Balaban J connectivity index is 1.97. The van der Waals surface area contributed by atoms with Gasteiger partial charge in [0.1, 0.15) is 0 Å². The van der Waals surface area contributed by atoms with E-state index in [0.29, 0.717) is 49.2 Å². The van der Waals surface area contributed by atoms with E-state index in [-0.39, 0.29) is 17.4 Å². The minimum Gasteiger partial charge on any atom is -0.339 e. The lowest BCUT2D eigenvalue weighted by Crippen LogP contribution is -2.50. The number of carbonyl (C=O) groups is 2. The second-order valence-electron chi connectivity index (χ2n) is 6.22. The molecule has 7 nitrogen and oxygen atoms in total. The maximum atomic E-state index is 13.0. The number of hydrogen-bond acceptors (Lipinski definition) is 4. The minimum absolute atomic E-state index is 0.0205. The monoisotopic (exact) mass is 342 g/mol. The van der Waals surface area contributed by atoms with Crippen LogP contribution in [0.1, 0.15) is 30.8 Å². The summed E-state index contributed by atoms with van der Waals surface area (Å²) in [4.78, 5) is 40.4. The summed E-state index contributed by atoms with van der Waals surface area (Å²) in [6.07, 6.45) is 0.760. The molecule has 7 heteroatoms. The Morgan fingerprint density at radius 3 is 2.24 bits per heavy atom. The van der Waals surface area contributed by atoms with Crippen molar-refractivity contribution >= 4 is 22.6 Å². The maximum absolute atomic E-state index is 13.0. The molecule has 0 unspecified atom stereocenters. The average Bonchev–Trinajstić information content (AvgIpc) is 2.64. The lowest BCUT2D eigenvalue weighted by atomic mass is 10.1. The summed E-state index contributed by atoms with van der Waals surface area (Å²) in [6.45, 7) is 5.96. The van der Waals surface area contributed by atoms with Gasteiger partial charge >= 0.3 is 0 Å². The van der Waals surface area contributed by atoms with Gasteiger partial charge in [-0.2, -0.15) is 5.10 Å². The van der Waals surface area contributed by atoms with Crippen LogP contribution in [0, 0.1) is 0 Å². The predicted octanol–water partition coefficient (Wildman–Crippen LogP) is 1.11. The molecule has 132 valence electrons. The van der Waals surface area contributed by atoms with Crippen LogP contribution in [0.15, 0.2) is 29.1 Å². The number of hydrogen-bond donors (Lipinski definition) is 0. The number of aromatic nitrogens is 2. The van der Waals surface area contributed by atoms with Crippen molar-refractivity contribution in [1.82, 2.24) is 19.6 Å². The molecule has 0 atom stereocenters. The van der Waals surface area contributed by atoms with E-state index >= 15 is 0 Å². The van der Waals surface area contributed by atoms with Gasteiger partial charge in [-0.25, -0.2) is 4.68 Å². The zero-order valence-corrected chi connectivity index (χ0v) is 14.6. The molecule has 2 heterocycles. The Kier molecular flexibility index (Phi) is 4.83. The predicted molar refractivity (Wildman–Crippen MR) is 94.5 cm³/mol. The molecule has 0 spiro atoms. The van der Waals surface area contributed by atoms with Crippen molar-refractivity contribution in [1.29, 1.82) is 0 Å². The van der Waals surface area contributed by atoms with Crippen molar-refractivity contribution in [3.05, 3.63) is 40.3 Å². The first-order valence-corrected chi connectivity index (χ1v) is 8.57. The Morgan fingerprint density at radius 1 is 1.04 bits per heavy atom. The molecule has 2 aromatic rings. The molecule has 1 aromatic heterocycles. The fraction of sp³-hybridized carbons (Fsp3) is 0.444. The number of nitrogens with zero attached hydrogens (tertiary/aromatic N) is 4. The van der Waals surface area contributed by atoms with Crippen LogP contribution in [0.3, 0.4) is 0 Å². The molecule has 1 aromatic carbocycles. The molecule has 3 rings (SSSR count). The van der Waals surface area contributed by atoms with Crippen LogP contribution in [0.2, 0.25) is 0 Å². The standard InChI is InChI=1S/C18H22N4O3/c1-3-8-22-17(24)15-7-5-4-6-14(15)16(19-22)18(25)21-11-9-20(10-12-21)13(2)23/h4-7H,3,8-12H2,1-2H3. The van der Waals surface area contributed by atoms with Gasteiger partial charge in [-0.1, -0.05) is 25.1 Å². The van der Waals surface area contributed by atoms with E-state index in [1.54, 1.807) is 34.1 Å². The summed E-state index contributed by atoms with van der Waals surface area (Å²) in [7, 11) is 0. The van der Waals surface area contributed by atoms with Crippen LogP contribution in [-0.4, -0.2) is 57.6 Å². The average molecular weight is 342 g/mol. The Hall–Kier alpha value is -2.70. The number of fused-ring (bicyclic) bond motifs is 1. The van der Waals surface area contributed by atoms with Crippen molar-refractivity contribution in [3.8, 4) is 0 Å². The highest BCUT2D eigenvalue weighted by Crippen LogP contribution is 2.16. The number of rotatable bonds is 3. The van der Waals surface area contributed by atoms with Gasteiger partial charge in [0.15, 0.2) is 5.69 Å². The van der Waals surface area contributed by atoms with E-state index in [4.69, 9.17) is 0 Å². The summed E-state index contributed by atoms with van der Waals surface area (Å²) < 4.78 is 1.38. The van der Waals surface area contributed by atoms with Gasteiger partial charge < -0.3 is 9.80 Å². The first-order chi connectivity index (χ1) is 12.0. The molecule has 1 saturated heterocycles. The van der Waals surface area contributed by atoms with Crippen LogP contribution >= 0.6 is 0 Å². The number of carbonyl (C=O) groups excluding carboxylic acids is 2. The number of aryl methyl sites for hydroxylation is 1. The van der Waals surface area contributed by atoms with Gasteiger partial charge in [-0.05, 0) is 12.5 Å². The summed E-state index contributed by atoms with van der Waals surface area (Å²) in [5, 5.41) is 5.44. The van der Waals surface area contributed by atoms with E-state index < -0.39 is 0 Å². The summed E-state index contributed by atoms with van der Waals surface area (Å²) in [6, 6.07) is 7.09. The molecule has 1 fully saturated rings. The normalized spacial score (nSPS) is 14.8. The van der Waals surface area contributed by atoms with E-state index in [9.17, 15) is 14.4 Å². The number of benzene rings is 1. The zero-order chi connectivity index (χ0) is 18.0. The molecule has 1 aliphatic rings. The second-order valence-corrected chi connectivity index (χ2v) is 6.22. The summed E-state index contributed by atoms with van der Waals surface area (Å²) in [5.41, 5.74) is 0.135.